The van der Waals surface area contributed by atoms with Crippen LogP contribution in [0.1, 0.15) is 34.3 Å². The number of thiazole rings is 1. The molecule has 1 aliphatic heterocycles. The van der Waals surface area contributed by atoms with Crippen LogP contribution < -0.4 is 0 Å². The predicted octanol–water partition coefficient (Wildman–Crippen LogP) is 3.78. The normalized spacial score (nSPS) is 18.5. The summed E-state index contributed by atoms with van der Waals surface area (Å²) in [7, 11) is 0. The van der Waals surface area contributed by atoms with Crippen molar-refractivity contribution in [3.8, 4) is 0 Å². The van der Waals surface area contributed by atoms with Gasteiger partial charge in [-0.3, -0.25) is 4.79 Å². The molecule has 1 saturated heterocycles. The Morgan fingerprint density at radius 1 is 1.39 bits per heavy atom. The summed E-state index contributed by atoms with van der Waals surface area (Å²) >= 11 is 1.65. The van der Waals surface area contributed by atoms with Crippen LogP contribution in [-0.2, 0) is 0 Å². The van der Waals surface area contributed by atoms with Gasteiger partial charge in [0.15, 0.2) is 0 Å². The maximum absolute atomic E-state index is 13.3. The summed E-state index contributed by atoms with van der Waals surface area (Å²) in [5.74, 6) is -0.00491. The summed E-state index contributed by atoms with van der Waals surface area (Å²) in [5.41, 5.74) is 1.30. The molecule has 3 heterocycles. The van der Waals surface area contributed by atoms with Gasteiger partial charge in [0.1, 0.15) is 11.5 Å². The van der Waals surface area contributed by atoms with Crippen LogP contribution in [0.3, 0.4) is 0 Å². The Labute approximate surface area is 137 Å². The number of hydrogen-bond donors (Lipinski definition) is 1. The maximum Gasteiger partial charge on any atom is 0.270 e. The number of nitrogens with zero attached hydrogens (tertiary/aromatic N) is 2. The average molecular weight is 329 g/mol. The van der Waals surface area contributed by atoms with E-state index in [0.717, 1.165) is 35.3 Å². The molecule has 0 spiro atoms. The number of halogens is 1. The van der Waals surface area contributed by atoms with Crippen molar-refractivity contribution in [2.24, 2.45) is 0 Å². The van der Waals surface area contributed by atoms with Gasteiger partial charge < -0.3 is 9.88 Å². The van der Waals surface area contributed by atoms with Crippen LogP contribution >= 0.6 is 11.3 Å². The van der Waals surface area contributed by atoms with Crippen LogP contribution in [0.2, 0.25) is 0 Å². The fourth-order valence-electron chi connectivity index (χ4n) is 3.19. The van der Waals surface area contributed by atoms with E-state index in [0.29, 0.717) is 18.2 Å². The Bertz CT molecular complexity index is 843. The number of piperidine rings is 1. The van der Waals surface area contributed by atoms with Crippen LogP contribution in [0.4, 0.5) is 4.39 Å². The van der Waals surface area contributed by atoms with Gasteiger partial charge in [-0.05, 0) is 37.1 Å². The van der Waals surface area contributed by atoms with E-state index in [1.807, 2.05) is 16.5 Å². The molecular weight excluding hydrogens is 313 g/mol. The van der Waals surface area contributed by atoms with E-state index in [1.165, 1.54) is 12.1 Å². The van der Waals surface area contributed by atoms with E-state index in [9.17, 15) is 9.18 Å². The zero-order valence-corrected chi connectivity index (χ0v) is 13.3. The number of aromatic nitrogens is 2. The molecule has 4 rings (SSSR count). The van der Waals surface area contributed by atoms with Crippen molar-refractivity contribution in [1.29, 1.82) is 0 Å². The molecule has 2 aromatic heterocycles. The standard InChI is InChI=1S/C17H16FN3OS/c18-13-3-4-14-12(8-13)9-15(20-14)17(22)21-6-1-2-11(10-21)16-19-5-7-23-16/h3-5,7-9,11,20H,1-2,6,10H2. The van der Waals surface area contributed by atoms with Crippen LogP contribution in [-0.4, -0.2) is 33.9 Å². The van der Waals surface area contributed by atoms with Crippen LogP contribution in [0.25, 0.3) is 10.9 Å². The van der Waals surface area contributed by atoms with Gasteiger partial charge >= 0.3 is 0 Å². The molecule has 1 amide bonds. The molecular formula is C17H16FN3OS. The Morgan fingerprint density at radius 2 is 2.30 bits per heavy atom. The number of amides is 1. The van der Waals surface area contributed by atoms with Gasteiger partial charge in [0.2, 0.25) is 0 Å². The number of carbonyl (C=O) groups excluding carboxylic acids is 1. The largest absolute Gasteiger partial charge is 0.351 e. The molecule has 0 bridgehead atoms. The van der Waals surface area contributed by atoms with Crippen molar-refractivity contribution in [2.75, 3.05) is 13.1 Å². The Balaban J connectivity index is 1.57. The highest BCUT2D eigenvalue weighted by molar-refractivity contribution is 7.09. The second kappa shape index (κ2) is 5.77. The summed E-state index contributed by atoms with van der Waals surface area (Å²) < 4.78 is 13.3. The lowest BCUT2D eigenvalue weighted by Gasteiger charge is -2.31. The van der Waals surface area contributed by atoms with Gasteiger partial charge in [-0.2, -0.15) is 0 Å². The number of rotatable bonds is 2. The number of benzene rings is 1. The Kier molecular flexibility index (Phi) is 3.61. The molecule has 0 aliphatic carbocycles. The number of H-pyrrole nitrogens is 1. The van der Waals surface area contributed by atoms with Gasteiger partial charge in [0.25, 0.3) is 5.91 Å². The lowest BCUT2D eigenvalue weighted by atomic mass is 9.98. The van der Waals surface area contributed by atoms with Gasteiger partial charge in [0.05, 0.1) is 5.01 Å². The first-order valence-corrected chi connectivity index (χ1v) is 8.55. The molecule has 6 heteroatoms. The molecule has 0 saturated carbocycles. The SMILES string of the molecule is O=C(c1cc2cc(F)ccc2[nH]1)N1CCCC(c2nccs2)C1. The number of aromatic amines is 1. The minimum Gasteiger partial charge on any atom is -0.351 e. The van der Waals surface area contributed by atoms with E-state index < -0.39 is 0 Å². The third-order valence-electron chi connectivity index (χ3n) is 4.32. The van der Waals surface area contributed by atoms with Crippen molar-refractivity contribution in [3.63, 3.8) is 0 Å². The summed E-state index contributed by atoms with van der Waals surface area (Å²) in [5, 5.41) is 3.80. The van der Waals surface area contributed by atoms with Gasteiger partial charge in [-0.25, -0.2) is 9.37 Å². The third kappa shape index (κ3) is 2.74. The summed E-state index contributed by atoms with van der Waals surface area (Å²) in [6, 6.07) is 6.23. The average Bonchev–Trinajstić information content (AvgIpc) is 3.23. The van der Waals surface area contributed by atoms with Crippen molar-refractivity contribution in [2.45, 2.75) is 18.8 Å². The second-order valence-electron chi connectivity index (χ2n) is 5.88. The minimum atomic E-state index is -0.294. The van der Waals surface area contributed by atoms with E-state index in [2.05, 4.69) is 9.97 Å². The monoisotopic (exact) mass is 329 g/mol. The van der Waals surface area contributed by atoms with Crippen molar-refractivity contribution in [3.05, 3.63) is 52.4 Å². The van der Waals surface area contributed by atoms with E-state index in [-0.39, 0.29) is 11.7 Å². The van der Waals surface area contributed by atoms with Crippen molar-refractivity contribution in [1.82, 2.24) is 14.9 Å². The van der Waals surface area contributed by atoms with Gasteiger partial charge in [-0.15, -0.1) is 11.3 Å². The lowest BCUT2D eigenvalue weighted by Crippen LogP contribution is -2.39. The Morgan fingerprint density at radius 3 is 3.13 bits per heavy atom. The number of likely N-dealkylation sites (tertiary alicyclic amines) is 1. The highest BCUT2D eigenvalue weighted by Gasteiger charge is 2.27. The smallest absolute Gasteiger partial charge is 0.270 e. The van der Waals surface area contributed by atoms with E-state index >= 15 is 0 Å². The first-order valence-electron chi connectivity index (χ1n) is 7.67. The topological polar surface area (TPSA) is 49.0 Å². The first kappa shape index (κ1) is 14.4. The van der Waals surface area contributed by atoms with Gasteiger partial charge in [0, 0.05) is 41.5 Å². The molecule has 0 radical (unpaired) electrons. The lowest BCUT2D eigenvalue weighted by molar-refractivity contribution is 0.0702. The second-order valence-corrected chi connectivity index (χ2v) is 6.80. The molecule has 1 unspecified atom stereocenters. The van der Waals surface area contributed by atoms with Crippen molar-refractivity contribution >= 4 is 28.1 Å². The van der Waals surface area contributed by atoms with Crippen LogP contribution in [0.5, 0.6) is 0 Å². The molecule has 1 aromatic carbocycles. The highest BCUT2D eigenvalue weighted by atomic mass is 32.1. The quantitative estimate of drug-likeness (QED) is 0.778. The molecule has 1 aliphatic rings. The number of nitrogens with one attached hydrogen (secondary N) is 1. The number of carbonyl (C=O) groups is 1. The fraction of sp³-hybridized carbons (Fsp3) is 0.294. The molecule has 4 nitrogen and oxygen atoms in total. The highest BCUT2D eigenvalue weighted by Crippen LogP contribution is 2.29. The zero-order valence-electron chi connectivity index (χ0n) is 12.5. The number of fused-ring (bicyclic) bond motifs is 1. The molecule has 1 N–H and O–H groups in total. The molecule has 1 fully saturated rings. The summed E-state index contributed by atoms with van der Waals surface area (Å²) in [6.07, 6.45) is 3.85. The molecule has 23 heavy (non-hydrogen) atoms. The zero-order chi connectivity index (χ0) is 15.8. The van der Waals surface area contributed by atoms with Crippen molar-refractivity contribution < 1.29 is 9.18 Å². The summed E-state index contributed by atoms with van der Waals surface area (Å²) in [6.45, 7) is 1.44. The maximum atomic E-state index is 13.3. The predicted molar refractivity (Wildman–Crippen MR) is 88.2 cm³/mol. The number of hydrogen-bond acceptors (Lipinski definition) is 3. The molecule has 3 aromatic rings. The van der Waals surface area contributed by atoms with Gasteiger partial charge in [-0.1, -0.05) is 0 Å². The molecule has 118 valence electrons. The van der Waals surface area contributed by atoms with E-state index in [1.54, 1.807) is 23.5 Å². The molecule has 1 atom stereocenters. The first-order chi connectivity index (χ1) is 11.2. The van der Waals surface area contributed by atoms with E-state index in [4.69, 9.17) is 0 Å². The Hall–Kier alpha value is -2.21. The third-order valence-corrected chi connectivity index (χ3v) is 5.26. The fourth-order valence-corrected chi connectivity index (χ4v) is 3.96. The summed E-state index contributed by atoms with van der Waals surface area (Å²) in [4.78, 5) is 22.1. The van der Waals surface area contributed by atoms with Crippen LogP contribution in [0, 0.1) is 5.82 Å². The minimum absolute atomic E-state index is 0.0251. The van der Waals surface area contributed by atoms with Crippen LogP contribution in [0.15, 0.2) is 35.8 Å².